The molecule has 0 aromatic heterocycles. The lowest BCUT2D eigenvalue weighted by Gasteiger charge is -1.98. The van der Waals surface area contributed by atoms with Crippen molar-refractivity contribution >= 4 is 0 Å². The van der Waals surface area contributed by atoms with Crippen molar-refractivity contribution in [2.45, 2.75) is 12.8 Å². The van der Waals surface area contributed by atoms with Crippen LogP contribution in [0.4, 0.5) is 0 Å². The molecule has 0 saturated heterocycles. The van der Waals surface area contributed by atoms with E-state index in [0.717, 1.165) is 19.4 Å². The van der Waals surface area contributed by atoms with Crippen molar-refractivity contribution in [3.05, 3.63) is 12.7 Å². The van der Waals surface area contributed by atoms with Gasteiger partial charge in [0.1, 0.15) is 0 Å². The monoisotopic (exact) mass is 129 g/mol. The molecule has 0 amide bonds. The van der Waals surface area contributed by atoms with Gasteiger partial charge < -0.3 is 10.4 Å². The summed E-state index contributed by atoms with van der Waals surface area (Å²) in [5.74, 6) is 0. The molecule has 54 valence electrons. The second kappa shape index (κ2) is 7.66. The van der Waals surface area contributed by atoms with E-state index in [2.05, 4.69) is 11.9 Å². The highest BCUT2D eigenvalue weighted by molar-refractivity contribution is 4.66. The maximum Gasteiger partial charge on any atom is 0.0555 e. The Morgan fingerprint density at radius 2 is 2.22 bits per heavy atom. The third-order valence-electron chi connectivity index (χ3n) is 1.05. The average molecular weight is 129 g/mol. The van der Waals surface area contributed by atoms with Crippen LogP contribution in [0.15, 0.2) is 12.7 Å². The summed E-state index contributed by atoms with van der Waals surface area (Å²) in [5.41, 5.74) is 0. The molecule has 0 aromatic rings. The maximum absolute atomic E-state index is 8.34. The minimum absolute atomic E-state index is 0.230. The van der Waals surface area contributed by atoms with Gasteiger partial charge in [-0.05, 0) is 19.4 Å². The van der Waals surface area contributed by atoms with Crippen LogP contribution in [0.3, 0.4) is 0 Å². The van der Waals surface area contributed by atoms with Crippen molar-refractivity contribution in [2.24, 2.45) is 0 Å². The molecule has 0 aliphatic carbocycles. The van der Waals surface area contributed by atoms with E-state index in [0.29, 0.717) is 6.54 Å². The van der Waals surface area contributed by atoms with Crippen molar-refractivity contribution in [3.8, 4) is 0 Å². The number of hydrogen-bond acceptors (Lipinski definition) is 2. The van der Waals surface area contributed by atoms with Gasteiger partial charge in [0, 0.05) is 6.54 Å². The first kappa shape index (κ1) is 8.66. The molecule has 0 atom stereocenters. The van der Waals surface area contributed by atoms with Crippen LogP contribution in [0, 0.1) is 0 Å². The van der Waals surface area contributed by atoms with Crippen molar-refractivity contribution in [1.29, 1.82) is 0 Å². The van der Waals surface area contributed by atoms with Gasteiger partial charge in [-0.2, -0.15) is 0 Å². The second-order valence-corrected chi connectivity index (χ2v) is 1.90. The number of hydrogen-bond donors (Lipinski definition) is 2. The first-order valence-corrected chi connectivity index (χ1v) is 3.34. The zero-order valence-electron chi connectivity index (χ0n) is 5.77. The summed E-state index contributed by atoms with van der Waals surface area (Å²) in [6.45, 7) is 5.52. The zero-order valence-corrected chi connectivity index (χ0v) is 5.77. The molecule has 0 heterocycles. The maximum atomic E-state index is 8.34. The van der Waals surface area contributed by atoms with Crippen LogP contribution in [-0.2, 0) is 0 Å². The van der Waals surface area contributed by atoms with E-state index in [-0.39, 0.29) is 6.61 Å². The summed E-state index contributed by atoms with van der Waals surface area (Å²) in [5, 5.41) is 11.4. The molecule has 0 bridgehead atoms. The van der Waals surface area contributed by atoms with Crippen LogP contribution in [0.1, 0.15) is 12.8 Å². The van der Waals surface area contributed by atoms with Gasteiger partial charge in [-0.25, -0.2) is 0 Å². The Hall–Kier alpha value is -0.340. The predicted octanol–water partition coefficient (Wildman–Crippen LogP) is 0.534. The SMILES string of the molecule is C=CCCCNCCO. The van der Waals surface area contributed by atoms with Crippen molar-refractivity contribution < 1.29 is 5.11 Å². The number of aliphatic hydroxyl groups excluding tert-OH is 1. The van der Waals surface area contributed by atoms with E-state index in [1.54, 1.807) is 0 Å². The van der Waals surface area contributed by atoms with Gasteiger partial charge in [0.2, 0.25) is 0 Å². The summed E-state index contributed by atoms with van der Waals surface area (Å²) >= 11 is 0. The molecule has 0 aromatic carbocycles. The third kappa shape index (κ3) is 7.66. The standard InChI is InChI=1S/C7H15NO/c1-2-3-4-5-8-6-7-9/h2,8-9H,1,3-7H2. The number of nitrogens with one attached hydrogen (secondary N) is 1. The van der Waals surface area contributed by atoms with Crippen LogP contribution in [-0.4, -0.2) is 24.8 Å². The van der Waals surface area contributed by atoms with E-state index < -0.39 is 0 Å². The fourth-order valence-electron chi connectivity index (χ4n) is 0.575. The average Bonchev–Trinajstić information content (AvgIpc) is 1.89. The highest BCUT2D eigenvalue weighted by atomic mass is 16.3. The Balaban J connectivity index is 2.66. The predicted molar refractivity (Wildman–Crippen MR) is 39.4 cm³/mol. The molecule has 0 radical (unpaired) electrons. The fraction of sp³-hybridized carbons (Fsp3) is 0.714. The van der Waals surface area contributed by atoms with Gasteiger partial charge in [-0.3, -0.25) is 0 Å². The summed E-state index contributed by atoms with van der Waals surface area (Å²) in [7, 11) is 0. The number of allylic oxidation sites excluding steroid dienone is 1. The van der Waals surface area contributed by atoms with E-state index in [1.807, 2.05) is 6.08 Å². The van der Waals surface area contributed by atoms with Gasteiger partial charge in [-0.1, -0.05) is 6.08 Å². The summed E-state index contributed by atoms with van der Waals surface area (Å²) in [4.78, 5) is 0. The normalized spacial score (nSPS) is 9.44. The van der Waals surface area contributed by atoms with E-state index in [9.17, 15) is 0 Å². The van der Waals surface area contributed by atoms with Crippen molar-refractivity contribution in [1.82, 2.24) is 5.32 Å². The minimum atomic E-state index is 0.230. The molecule has 2 heteroatoms. The molecule has 0 fully saturated rings. The first-order valence-electron chi connectivity index (χ1n) is 3.34. The van der Waals surface area contributed by atoms with Crippen LogP contribution in [0.2, 0.25) is 0 Å². The molecule has 2 nitrogen and oxygen atoms in total. The number of unbranched alkanes of at least 4 members (excludes halogenated alkanes) is 1. The van der Waals surface area contributed by atoms with Gasteiger partial charge in [0.25, 0.3) is 0 Å². The Morgan fingerprint density at radius 1 is 1.44 bits per heavy atom. The summed E-state index contributed by atoms with van der Waals surface area (Å²) in [6, 6.07) is 0. The lowest BCUT2D eigenvalue weighted by Crippen LogP contribution is -2.18. The lowest BCUT2D eigenvalue weighted by atomic mass is 10.3. The molecule has 0 saturated carbocycles. The van der Waals surface area contributed by atoms with Gasteiger partial charge in [0.05, 0.1) is 6.61 Å². The van der Waals surface area contributed by atoms with Crippen LogP contribution < -0.4 is 5.32 Å². The molecule has 0 unspecified atom stereocenters. The van der Waals surface area contributed by atoms with Crippen LogP contribution >= 0.6 is 0 Å². The Bertz CT molecular complexity index is 63.9. The molecule has 0 spiro atoms. The fourth-order valence-corrected chi connectivity index (χ4v) is 0.575. The van der Waals surface area contributed by atoms with E-state index in [4.69, 9.17) is 5.11 Å². The zero-order chi connectivity index (χ0) is 6.95. The second-order valence-electron chi connectivity index (χ2n) is 1.90. The molecule has 0 aliphatic heterocycles. The minimum Gasteiger partial charge on any atom is -0.395 e. The highest BCUT2D eigenvalue weighted by Crippen LogP contribution is 1.84. The molecule has 0 rings (SSSR count). The molecular weight excluding hydrogens is 114 g/mol. The van der Waals surface area contributed by atoms with Gasteiger partial charge in [0.15, 0.2) is 0 Å². The Morgan fingerprint density at radius 3 is 2.78 bits per heavy atom. The number of rotatable bonds is 6. The van der Waals surface area contributed by atoms with Gasteiger partial charge in [-0.15, -0.1) is 6.58 Å². The van der Waals surface area contributed by atoms with Crippen molar-refractivity contribution in [2.75, 3.05) is 19.7 Å². The molecule has 0 aliphatic rings. The quantitative estimate of drug-likeness (QED) is 0.405. The summed E-state index contributed by atoms with van der Waals surface area (Å²) < 4.78 is 0. The topological polar surface area (TPSA) is 32.3 Å². The smallest absolute Gasteiger partial charge is 0.0555 e. The molecule has 2 N–H and O–H groups in total. The molecule has 9 heavy (non-hydrogen) atoms. The largest absolute Gasteiger partial charge is 0.395 e. The van der Waals surface area contributed by atoms with E-state index in [1.165, 1.54) is 0 Å². The van der Waals surface area contributed by atoms with Crippen molar-refractivity contribution in [3.63, 3.8) is 0 Å². The van der Waals surface area contributed by atoms with E-state index >= 15 is 0 Å². The Kier molecular flexibility index (Phi) is 7.37. The third-order valence-corrected chi connectivity index (χ3v) is 1.05. The highest BCUT2D eigenvalue weighted by Gasteiger charge is 1.82. The molecular formula is C7H15NO. The van der Waals surface area contributed by atoms with Gasteiger partial charge >= 0.3 is 0 Å². The first-order chi connectivity index (χ1) is 4.41. The number of aliphatic hydroxyl groups is 1. The Labute approximate surface area is 56.6 Å². The van der Waals surface area contributed by atoms with Crippen LogP contribution in [0.25, 0.3) is 0 Å². The lowest BCUT2D eigenvalue weighted by molar-refractivity contribution is 0.292. The summed E-state index contributed by atoms with van der Waals surface area (Å²) in [6.07, 6.45) is 4.07. The van der Waals surface area contributed by atoms with Crippen LogP contribution in [0.5, 0.6) is 0 Å².